The lowest BCUT2D eigenvalue weighted by Gasteiger charge is -2.16. The van der Waals surface area contributed by atoms with Gasteiger partial charge in [0.05, 0.1) is 9.13 Å². The van der Waals surface area contributed by atoms with Crippen LogP contribution in [0.4, 0.5) is 0 Å². The Morgan fingerprint density at radius 2 is 1.39 bits per heavy atom. The minimum Gasteiger partial charge on any atom is -0.488 e. The SMILES string of the molecule is CCCC(=O)c1ccc(OCc2ccccc2)c(I)c1OCc1ccccc1. The number of benzene rings is 3. The van der Waals surface area contributed by atoms with Gasteiger partial charge in [-0.15, -0.1) is 0 Å². The van der Waals surface area contributed by atoms with Crippen molar-refractivity contribution in [2.45, 2.75) is 33.0 Å². The fraction of sp³-hybridized carbons (Fsp3) is 0.208. The Kier molecular flexibility index (Phi) is 7.48. The molecule has 144 valence electrons. The van der Waals surface area contributed by atoms with Gasteiger partial charge in [0, 0.05) is 6.42 Å². The number of ketones is 1. The predicted octanol–water partition coefficient (Wildman–Crippen LogP) is 6.43. The van der Waals surface area contributed by atoms with Gasteiger partial charge in [-0.25, -0.2) is 0 Å². The summed E-state index contributed by atoms with van der Waals surface area (Å²) in [6.45, 7) is 2.88. The first-order chi connectivity index (χ1) is 13.7. The smallest absolute Gasteiger partial charge is 0.166 e. The molecule has 4 heteroatoms. The highest BCUT2D eigenvalue weighted by molar-refractivity contribution is 14.1. The van der Waals surface area contributed by atoms with Crippen molar-refractivity contribution in [3.8, 4) is 11.5 Å². The van der Waals surface area contributed by atoms with Crippen molar-refractivity contribution < 1.29 is 14.3 Å². The molecule has 3 aromatic rings. The summed E-state index contributed by atoms with van der Waals surface area (Å²) in [7, 11) is 0. The van der Waals surface area contributed by atoms with Gasteiger partial charge in [0.25, 0.3) is 0 Å². The summed E-state index contributed by atoms with van der Waals surface area (Å²) in [5.41, 5.74) is 2.77. The third-order valence-electron chi connectivity index (χ3n) is 4.30. The van der Waals surface area contributed by atoms with Gasteiger partial charge in [-0.3, -0.25) is 4.79 Å². The molecule has 0 saturated heterocycles. The van der Waals surface area contributed by atoms with Crippen molar-refractivity contribution in [3.05, 3.63) is 93.1 Å². The summed E-state index contributed by atoms with van der Waals surface area (Å²) in [5, 5.41) is 0. The second-order valence-corrected chi connectivity index (χ2v) is 7.55. The Balaban J connectivity index is 1.84. The lowest BCUT2D eigenvalue weighted by molar-refractivity contribution is 0.0977. The molecule has 0 unspecified atom stereocenters. The van der Waals surface area contributed by atoms with Crippen LogP contribution in [0.5, 0.6) is 11.5 Å². The van der Waals surface area contributed by atoms with Crippen LogP contribution < -0.4 is 9.47 Å². The van der Waals surface area contributed by atoms with Crippen LogP contribution in [0.1, 0.15) is 41.3 Å². The second kappa shape index (κ2) is 10.3. The molecule has 0 aliphatic rings. The van der Waals surface area contributed by atoms with E-state index in [2.05, 4.69) is 22.6 Å². The van der Waals surface area contributed by atoms with Gasteiger partial charge in [0.1, 0.15) is 24.7 Å². The Morgan fingerprint density at radius 3 is 1.96 bits per heavy atom. The van der Waals surface area contributed by atoms with Gasteiger partial charge < -0.3 is 9.47 Å². The van der Waals surface area contributed by atoms with E-state index in [4.69, 9.17) is 9.47 Å². The topological polar surface area (TPSA) is 35.5 Å². The van der Waals surface area contributed by atoms with Crippen LogP contribution >= 0.6 is 22.6 Å². The summed E-state index contributed by atoms with van der Waals surface area (Å²) in [6, 6.07) is 23.7. The molecule has 0 saturated carbocycles. The van der Waals surface area contributed by atoms with E-state index in [0.717, 1.165) is 26.9 Å². The third kappa shape index (κ3) is 5.35. The minimum atomic E-state index is 0.0955. The maximum absolute atomic E-state index is 12.6. The first-order valence-corrected chi connectivity index (χ1v) is 10.5. The fourth-order valence-electron chi connectivity index (χ4n) is 2.84. The molecule has 0 atom stereocenters. The van der Waals surface area contributed by atoms with Gasteiger partial charge in [-0.2, -0.15) is 0 Å². The fourth-order valence-corrected chi connectivity index (χ4v) is 3.62. The number of carbonyl (C=O) groups excluding carboxylic acids is 1. The molecule has 0 N–H and O–H groups in total. The van der Waals surface area contributed by atoms with Crippen LogP contribution in [-0.4, -0.2) is 5.78 Å². The molecule has 0 bridgehead atoms. The van der Waals surface area contributed by atoms with Crippen LogP contribution in [0.3, 0.4) is 0 Å². The zero-order chi connectivity index (χ0) is 19.8. The molecule has 0 radical (unpaired) electrons. The van der Waals surface area contributed by atoms with E-state index >= 15 is 0 Å². The van der Waals surface area contributed by atoms with Crippen LogP contribution in [-0.2, 0) is 13.2 Å². The van der Waals surface area contributed by atoms with Gasteiger partial charge in [-0.05, 0) is 52.3 Å². The van der Waals surface area contributed by atoms with Crippen molar-refractivity contribution in [3.63, 3.8) is 0 Å². The minimum absolute atomic E-state index is 0.0955. The van der Waals surface area contributed by atoms with Gasteiger partial charge in [-0.1, -0.05) is 67.6 Å². The summed E-state index contributed by atoms with van der Waals surface area (Å²) in [4.78, 5) is 12.6. The Hall–Kier alpha value is -2.34. The number of Topliss-reactive ketones (excluding diaryl/α,β-unsaturated/α-hetero) is 1. The average molecular weight is 486 g/mol. The predicted molar refractivity (Wildman–Crippen MR) is 120 cm³/mol. The molecular formula is C24H23IO3. The van der Waals surface area contributed by atoms with Gasteiger partial charge in [0.2, 0.25) is 0 Å². The van der Waals surface area contributed by atoms with E-state index in [-0.39, 0.29) is 5.78 Å². The van der Waals surface area contributed by atoms with Crippen molar-refractivity contribution in [2.75, 3.05) is 0 Å². The van der Waals surface area contributed by atoms with Crippen LogP contribution in [0.25, 0.3) is 0 Å². The summed E-state index contributed by atoms with van der Waals surface area (Å²) in [5.74, 6) is 1.42. The van der Waals surface area contributed by atoms with Crippen molar-refractivity contribution in [1.82, 2.24) is 0 Å². The molecule has 3 aromatic carbocycles. The third-order valence-corrected chi connectivity index (χ3v) is 5.32. The molecule has 3 rings (SSSR count). The summed E-state index contributed by atoms with van der Waals surface area (Å²) in [6.07, 6.45) is 1.31. The highest BCUT2D eigenvalue weighted by Gasteiger charge is 2.19. The van der Waals surface area contributed by atoms with Crippen LogP contribution in [0.15, 0.2) is 72.8 Å². The molecule has 0 aliphatic carbocycles. The Bertz CT molecular complexity index is 908. The highest BCUT2D eigenvalue weighted by atomic mass is 127. The maximum atomic E-state index is 12.6. The van der Waals surface area contributed by atoms with E-state index in [1.807, 2.05) is 79.7 Å². The largest absolute Gasteiger partial charge is 0.488 e. The first kappa shape index (κ1) is 20.4. The summed E-state index contributed by atoms with van der Waals surface area (Å²) >= 11 is 2.21. The zero-order valence-corrected chi connectivity index (χ0v) is 18.0. The molecule has 0 spiro atoms. The maximum Gasteiger partial charge on any atom is 0.166 e. The van der Waals surface area contributed by atoms with Gasteiger partial charge >= 0.3 is 0 Å². The van der Waals surface area contributed by atoms with E-state index < -0.39 is 0 Å². The number of halogens is 1. The van der Waals surface area contributed by atoms with Crippen LogP contribution in [0.2, 0.25) is 0 Å². The Morgan fingerprint density at radius 1 is 0.821 bits per heavy atom. The quantitative estimate of drug-likeness (QED) is 0.258. The van der Waals surface area contributed by atoms with Crippen molar-refractivity contribution in [1.29, 1.82) is 0 Å². The molecule has 0 heterocycles. The highest BCUT2D eigenvalue weighted by Crippen LogP contribution is 2.35. The molecule has 0 aromatic heterocycles. The molecule has 0 aliphatic heterocycles. The number of rotatable bonds is 9. The number of hydrogen-bond acceptors (Lipinski definition) is 3. The molecule has 0 amide bonds. The van der Waals surface area contributed by atoms with E-state index in [1.54, 1.807) is 0 Å². The molecule has 28 heavy (non-hydrogen) atoms. The van der Waals surface area contributed by atoms with Gasteiger partial charge in [0.15, 0.2) is 5.78 Å². The summed E-state index contributed by atoms with van der Waals surface area (Å²) < 4.78 is 12.9. The lowest BCUT2D eigenvalue weighted by Crippen LogP contribution is -2.07. The number of ether oxygens (including phenoxy) is 2. The standard InChI is InChI=1S/C24H23IO3/c1-2-9-21(26)20-14-15-22(27-16-18-10-5-3-6-11-18)23(25)24(20)28-17-19-12-7-4-8-13-19/h3-8,10-15H,2,9,16-17H2,1H3. The monoisotopic (exact) mass is 486 g/mol. The van der Waals surface area contributed by atoms with E-state index in [9.17, 15) is 4.79 Å². The number of hydrogen-bond donors (Lipinski definition) is 0. The Labute approximate surface area is 179 Å². The van der Waals surface area contributed by atoms with Crippen molar-refractivity contribution in [2.24, 2.45) is 0 Å². The van der Waals surface area contributed by atoms with E-state index in [0.29, 0.717) is 30.9 Å². The average Bonchev–Trinajstić information content (AvgIpc) is 2.73. The zero-order valence-electron chi connectivity index (χ0n) is 15.9. The first-order valence-electron chi connectivity index (χ1n) is 9.38. The van der Waals surface area contributed by atoms with E-state index in [1.165, 1.54) is 0 Å². The molecule has 3 nitrogen and oxygen atoms in total. The molecule has 0 fully saturated rings. The number of carbonyl (C=O) groups is 1. The van der Waals surface area contributed by atoms with Crippen molar-refractivity contribution >= 4 is 28.4 Å². The second-order valence-electron chi connectivity index (χ2n) is 6.48. The lowest BCUT2D eigenvalue weighted by atomic mass is 10.1. The van der Waals surface area contributed by atoms with Crippen LogP contribution in [0, 0.1) is 3.57 Å². The normalized spacial score (nSPS) is 10.5. The molecular weight excluding hydrogens is 463 g/mol.